The van der Waals surface area contributed by atoms with Gasteiger partial charge in [-0.15, -0.1) is 0 Å². The highest BCUT2D eigenvalue weighted by molar-refractivity contribution is 5.00. The summed E-state index contributed by atoms with van der Waals surface area (Å²) in [5.74, 6) is -0.458. The molecule has 2 saturated carbocycles. The summed E-state index contributed by atoms with van der Waals surface area (Å²) in [6, 6.07) is -2.82. The topological polar surface area (TPSA) is 318 Å². The molecule has 2 saturated heterocycles. The van der Waals surface area contributed by atoms with Gasteiger partial charge in [0.05, 0.1) is 49.2 Å². The fourth-order valence-electron chi connectivity index (χ4n) is 6.11. The minimum atomic E-state index is -1.52. The van der Waals surface area contributed by atoms with Gasteiger partial charge < -0.3 is 88.1 Å². The standard InChI is InChI=1S/C24H47N5O12/c25-4-7-3-10(13(28)18(34)15(7)31)37-9-2-1-8(27)16(32)21(9)41-24-20(36)22(12(6-30)39-24)40-23-14(29)19(35)17(33)11(5-26)38-23/h7-24,30-36H,1-6,25-29H2/t7-,8-,9-,10+,11+,12-,13+,14-,15-,16+,17-,18-,19-,20-,21+,22-,23-,24+/m1/s1. The van der Waals surface area contributed by atoms with Crippen molar-refractivity contribution in [2.45, 2.75) is 123 Å². The Balaban J connectivity index is 1.46. The second-order valence-electron chi connectivity index (χ2n) is 11.5. The lowest BCUT2D eigenvalue weighted by Crippen LogP contribution is -2.64. The van der Waals surface area contributed by atoms with E-state index in [1.165, 1.54) is 0 Å². The zero-order valence-electron chi connectivity index (χ0n) is 22.7. The maximum atomic E-state index is 11.1. The molecule has 0 unspecified atom stereocenters. The van der Waals surface area contributed by atoms with Crippen molar-refractivity contribution in [3.8, 4) is 0 Å². The predicted octanol–water partition coefficient (Wildman–Crippen LogP) is -7.17. The summed E-state index contributed by atoms with van der Waals surface area (Å²) in [5, 5.41) is 73.1. The molecule has 0 amide bonds. The third kappa shape index (κ3) is 6.71. The maximum Gasteiger partial charge on any atom is 0.187 e. The molecule has 0 aromatic carbocycles. The molecule has 240 valence electrons. The van der Waals surface area contributed by atoms with Gasteiger partial charge in [-0.2, -0.15) is 0 Å². The SMILES string of the molecule is NC[C@H]1C[C@H](O[C@@H]2CC[C@@H](N)[C@H](O)[C@H]2O[C@@H]2O[C@H](CO)[C@@H](O[C@H]3O[C@@H](CN)[C@@H](O)[C@H](O)[C@H]3N)[C@H]2O)[C@H](N)[C@@H](O)[C@@H]1O. The Morgan fingerprint density at radius 3 is 1.88 bits per heavy atom. The van der Waals surface area contributed by atoms with Crippen LogP contribution in [0.4, 0.5) is 0 Å². The van der Waals surface area contributed by atoms with E-state index in [2.05, 4.69) is 0 Å². The van der Waals surface area contributed by atoms with Crippen LogP contribution in [-0.4, -0.2) is 159 Å². The zero-order chi connectivity index (χ0) is 30.2. The molecule has 41 heavy (non-hydrogen) atoms. The predicted molar refractivity (Wildman–Crippen MR) is 138 cm³/mol. The van der Waals surface area contributed by atoms with Gasteiger partial charge in [0, 0.05) is 18.5 Å². The molecular formula is C24H47N5O12. The van der Waals surface area contributed by atoms with Gasteiger partial charge in [0.2, 0.25) is 0 Å². The Bertz CT molecular complexity index is 834. The minimum Gasteiger partial charge on any atom is -0.394 e. The van der Waals surface area contributed by atoms with Crippen molar-refractivity contribution in [2.24, 2.45) is 34.6 Å². The van der Waals surface area contributed by atoms with Crippen LogP contribution in [0.25, 0.3) is 0 Å². The fourth-order valence-corrected chi connectivity index (χ4v) is 6.11. The Morgan fingerprint density at radius 2 is 1.24 bits per heavy atom. The molecule has 2 aliphatic heterocycles. The van der Waals surface area contributed by atoms with E-state index in [4.69, 9.17) is 52.4 Å². The molecule has 2 heterocycles. The van der Waals surface area contributed by atoms with Crippen LogP contribution in [0.3, 0.4) is 0 Å². The fraction of sp³-hybridized carbons (Fsp3) is 1.00. The van der Waals surface area contributed by atoms with Crippen molar-refractivity contribution in [3.05, 3.63) is 0 Å². The highest BCUT2D eigenvalue weighted by Crippen LogP contribution is 2.35. The van der Waals surface area contributed by atoms with Crippen LogP contribution in [0, 0.1) is 5.92 Å². The first-order valence-corrected chi connectivity index (χ1v) is 14.1. The van der Waals surface area contributed by atoms with E-state index in [1.54, 1.807) is 0 Å². The van der Waals surface area contributed by atoms with Gasteiger partial charge in [-0.05, 0) is 25.8 Å². The Morgan fingerprint density at radius 1 is 0.610 bits per heavy atom. The molecule has 17 nitrogen and oxygen atoms in total. The summed E-state index contributed by atoms with van der Waals surface area (Å²) in [4.78, 5) is 0. The molecule has 18 atom stereocenters. The van der Waals surface area contributed by atoms with Gasteiger partial charge in [-0.1, -0.05) is 0 Å². The van der Waals surface area contributed by atoms with Crippen LogP contribution >= 0.6 is 0 Å². The van der Waals surface area contributed by atoms with Crippen molar-refractivity contribution < 1.29 is 59.4 Å². The van der Waals surface area contributed by atoms with E-state index in [9.17, 15) is 35.7 Å². The number of aliphatic hydroxyl groups excluding tert-OH is 7. The zero-order valence-corrected chi connectivity index (χ0v) is 22.7. The van der Waals surface area contributed by atoms with Crippen molar-refractivity contribution in [1.82, 2.24) is 0 Å². The van der Waals surface area contributed by atoms with Crippen molar-refractivity contribution >= 4 is 0 Å². The van der Waals surface area contributed by atoms with E-state index < -0.39 is 116 Å². The molecule has 0 bridgehead atoms. The first kappa shape index (κ1) is 33.2. The van der Waals surface area contributed by atoms with Crippen LogP contribution in [0.15, 0.2) is 0 Å². The molecule has 0 aromatic heterocycles. The molecule has 2 aliphatic carbocycles. The highest BCUT2D eigenvalue weighted by Gasteiger charge is 2.53. The van der Waals surface area contributed by atoms with Gasteiger partial charge in [0.25, 0.3) is 0 Å². The van der Waals surface area contributed by atoms with E-state index >= 15 is 0 Å². The monoisotopic (exact) mass is 597 g/mol. The molecule has 4 fully saturated rings. The summed E-state index contributed by atoms with van der Waals surface area (Å²) in [5.41, 5.74) is 29.6. The molecular weight excluding hydrogens is 550 g/mol. The van der Waals surface area contributed by atoms with Gasteiger partial charge >= 0.3 is 0 Å². The lowest BCUT2D eigenvalue weighted by molar-refractivity contribution is -0.280. The van der Waals surface area contributed by atoms with Crippen molar-refractivity contribution in [3.63, 3.8) is 0 Å². The maximum absolute atomic E-state index is 11.1. The summed E-state index contributed by atoms with van der Waals surface area (Å²) < 4.78 is 29.4. The first-order chi connectivity index (χ1) is 19.4. The first-order valence-electron chi connectivity index (χ1n) is 14.1. The second-order valence-corrected chi connectivity index (χ2v) is 11.5. The quantitative estimate of drug-likeness (QED) is 0.117. The normalized spacial score (nSPS) is 53.0. The van der Waals surface area contributed by atoms with Crippen molar-refractivity contribution in [1.29, 1.82) is 0 Å². The summed E-state index contributed by atoms with van der Waals surface area (Å²) >= 11 is 0. The van der Waals surface area contributed by atoms with Gasteiger partial charge in [0.1, 0.15) is 42.7 Å². The third-order valence-corrected chi connectivity index (χ3v) is 8.80. The highest BCUT2D eigenvalue weighted by atomic mass is 16.8. The van der Waals surface area contributed by atoms with Gasteiger partial charge in [-0.25, -0.2) is 0 Å². The van der Waals surface area contributed by atoms with E-state index in [0.717, 1.165) is 0 Å². The molecule has 4 rings (SSSR count). The number of hydrogen-bond donors (Lipinski definition) is 12. The van der Waals surface area contributed by atoms with Crippen LogP contribution in [0.5, 0.6) is 0 Å². The molecule has 4 aliphatic rings. The van der Waals surface area contributed by atoms with Crippen LogP contribution in [0.2, 0.25) is 0 Å². The molecule has 0 radical (unpaired) electrons. The van der Waals surface area contributed by atoms with E-state index in [1.807, 2.05) is 0 Å². The number of ether oxygens (including phenoxy) is 5. The largest absolute Gasteiger partial charge is 0.394 e. The van der Waals surface area contributed by atoms with Crippen LogP contribution in [0.1, 0.15) is 19.3 Å². The number of hydrogen-bond acceptors (Lipinski definition) is 17. The minimum absolute atomic E-state index is 0.103. The van der Waals surface area contributed by atoms with Gasteiger partial charge in [0.15, 0.2) is 12.6 Å². The van der Waals surface area contributed by atoms with Crippen LogP contribution < -0.4 is 28.7 Å². The number of nitrogens with two attached hydrogens (primary N) is 5. The molecule has 0 aromatic rings. The average molecular weight is 598 g/mol. The molecule has 17 N–H and O–H groups in total. The summed E-state index contributed by atoms with van der Waals surface area (Å²) in [6.07, 6.45) is -15.6. The Kier molecular flexibility index (Phi) is 11.3. The van der Waals surface area contributed by atoms with E-state index in [-0.39, 0.29) is 19.5 Å². The number of aliphatic hydroxyl groups is 7. The average Bonchev–Trinajstić information content (AvgIpc) is 3.26. The summed E-state index contributed by atoms with van der Waals surface area (Å²) in [7, 11) is 0. The smallest absolute Gasteiger partial charge is 0.187 e. The Hall–Kier alpha value is -0.680. The Labute approximate surface area is 237 Å². The second kappa shape index (κ2) is 14.0. The third-order valence-electron chi connectivity index (χ3n) is 8.80. The lowest BCUT2D eigenvalue weighted by atomic mass is 9.79. The number of rotatable bonds is 9. The molecule has 17 heteroatoms. The summed E-state index contributed by atoms with van der Waals surface area (Å²) in [6.45, 7) is -0.637. The lowest BCUT2D eigenvalue weighted by Gasteiger charge is -2.45. The van der Waals surface area contributed by atoms with E-state index in [0.29, 0.717) is 12.8 Å². The molecule has 0 spiro atoms. The van der Waals surface area contributed by atoms with Crippen LogP contribution in [-0.2, 0) is 23.7 Å². The van der Waals surface area contributed by atoms with Gasteiger partial charge in [-0.3, -0.25) is 0 Å². The van der Waals surface area contributed by atoms with Crippen molar-refractivity contribution in [2.75, 3.05) is 19.7 Å².